The van der Waals surface area contributed by atoms with E-state index in [2.05, 4.69) is 4.90 Å². The van der Waals surface area contributed by atoms with E-state index < -0.39 is 0 Å². The van der Waals surface area contributed by atoms with Gasteiger partial charge in [0, 0.05) is 26.2 Å². The summed E-state index contributed by atoms with van der Waals surface area (Å²) < 4.78 is 5.65. The number of nitrogens with two attached hydrogens (primary N) is 1. The minimum Gasteiger partial charge on any atom is -0.379 e. The summed E-state index contributed by atoms with van der Waals surface area (Å²) in [5, 5.41) is 0.750. The first-order chi connectivity index (χ1) is 9.08. The maximum Gasteiger partial charge on any atom is 0.0642 e. The highest BCUT2D eigenvalue weighted by molar-refractivity contribution is 6.33. The van der Waals surface area contributed by atoms with Gasteiger partial charge in [-0.25, -0.2) is 0 Å². The predicted molar refractivity (Wildman–Crippen MR) is 80.9 cm³/mol. The molecule has 3 nitrogen and oxygen atoms in total. The van der Waals surface area contributed by atoms with Gasteiger partial charge in [0.15, 0.2) is 0 Å². The fourth-order valence-electron chi connectivity index (χ4n) is 1.97. The standard InChI is InChI=1S/C15H23ClN2O/c1-11(17)13-5-6-15(14(16)9-13)18(2)7-8-19-10-12-3-4-12/h5-6,9,11-12H,3-4,7-8,10,17H2,1-2H3/t11-/m1/s1. The van der Waals surface area contributed by atoms with Crippen molar-refractivity contribution >= 4 is 17.3 Å². The molecule has 1 aromatic carbocycles. The summed E-state index contributed by atoms with van der Waals surface area (Å²) in [4.78, 5) is 2.13. The molecule has 106 valence electrons. The molecule has 2 rings (SSSR count). The minimum absolute atomic E-state index is 0.0127. The quantitative estimate of drug-likeness (QED) is 0.781. The van der Waals surface area contributed by atoms with E-state index in [9.17, 15) is 0 Å². The first-order valence-electron chi connectivity index (χ1n) is 6.92. The van der Waals surface area contributed by atoms with Crippen LogP contribution in [0.25, 0.3) is 0 Å². The van der Waals surface area contributed by atoms with Gasteiger partial charge in [-0.05, 0) is 43.4 Å². The second kappa shape index (κ2) is 6.60. The lowest BCUT2D eigenvalue weighted by atomic mass is 10.1. The fourth-order valence-corrected chi connectivity index (χ4v) is 2.31. The van der Waals surface area contributed by atoms with Gasteiger partial charge in [-0.15, -0.1) is 0 Å². The van der Waals surface area contributed by atoms with Gasteiger partial charge < -0.3 is 15.4 Å². The van der Waals surface area contributed by atoms with E-state index in [-0.39, 0.29) is 6.04 Å². The van der Waals surface area contributed by atoms with Gasteiger partial charge >= 0.3 is 0 Å². The van der Waals surface area contributed by atoms with E-state index in [4.69, 9.17) is 22.1 Å². The van der Waals surface area contributed by atoms with Crippen LogP contribution in [0.2, 0.25) is 5.02 Å². The van der Waals surface area contributed by atoms with Crippen LogP contribution in [0.3, 0.4) is 0 Å². The van der Waals surface area contributed by atoms with Gasteiger partial charge in [-0.2, -0.15) is 0 Å². The molecule has 1 aliphatic rings. The lowest BCUT2D eigenvalue weighted by Crippen LogP contribution is -2.23. The Morgan fingerprint density at radius 2 is 2.21 bits per heavy atom. The van der Waals surface area contributed by atoms with Crippen LogP contribution >= 0.6 is 11.6 Å². The molecule has 0 aliphatic heterocycles. The molecule has 2 N–H and O–H groups in total. The van der Waals surface area contributed by atoms with Gasteiger partial charge in [-0.1, -0.05) is 17.7 Å². The van der Waals surface area contributed by atoms with Crippen LogP contribution in [0.1, 0.15) is 31.4 Å². The van der Waals surface area contributed by atoms with Gasteiger partial charge in [0.05, 0.1) is 17.3 Å². The summed E-state index contributed by atoms with van der Waals surface area (Å²) in [6.45, 7) is 4.47. The van der Waals surface area contributed by atoms with E-state index in [0.717, 1.165) is 41.9 Å². The van der Waals surface area contributed by atoms with E-state index in [0.29, 0.717) is 0 Å². The Morgan fingerprint density at radius 1 is 1.47 bits per heavy atom. The predicted octanol–water partition coefficient (Wildman–Crippen LogP) is 3.22. The van der Waals surface area contributed by atoms with Crippen molar-refractivity contribution in [2.75, 3.05) is 31.7 Å². The van der Waals surface area contributed by atoms with Crippen molar-refractivity contribution in [2.45, 2.75) is 25.8 Å². The van der Waals surface area contributed by atoms with Crippen LogP contribution in [0.4, 0.5) is 5.69 Å². The summed E-state index contributed by atoms with van der Waals surface area (Å²) in [6.07, 6.45) is 2.67. The van der Waals surface area contributed by atoms with Gasteiger partial charge in [-0.3, -0.25) is 0 Å². The maximum atomic E-state index is 6.30. The summed E-state index contributed by atoms with van der Waals surface area (Å²) in [7, 11) is 2.03. The van der Waals surface area contributed by atoms with Crippen molar-refractivity contribution in [3.63, 3.8) is 0 Å². The number of rotatable bonds is 7. The normalized spacial score (nSPS) is 16.4. The zero-order valence-electron chi connectivity index (χ0n) is 11.7. The Kier molecular flexibility index (Phi) is 5.08. The van der Waals surface area contributed by atoms with Crippen LogP contribution in [-0.4, -0.2) is 26.8 Å². The number of nitrogens with zero attached hydrogens (tertiary/aromatic N) is 1. The smallest absolute Gasteiger partial charge is 0.0642 e. The highest BCUT2D eigenvalue weighted by atomic mass is 35.5. The lowest BCUT2D eigenvalue weighted by Gasteiger charge is -2.21. The zero-order valence-corrected chi connectivity index (χ0v) is 12.5. The first kappa shape index (κ1) is 14.6. The number of benzene rings is 1. The summed E-state index contributed by atoms with van der Waals surface area (Å²) in [5.41, 5.74) is 7.94. The van der Waals surface area contributed by atoms with Gasteiger partial charge in [0.25, 0.3) is 0 Å². The third-order valence-electron chi connectivity index (χ3n) is 3.53. The van der Waals surface area contributed by atoms with Crippen LogP contribution < -0.4 is 10.6 Å². The topological polar surface area (TPSA) is 38.5 Å². The van der Waals surface area contributed by atoms with Crippen LogP contribution in [0, 0.1) is 5.92 Å². The van der Waals surface area contributed by atoms with Gasteiger partial charge in [0.2, 0.25) is 0 Å². The molecule has 4 heteroatoms. The molecule has 1 aliphatic carbocycles. The Hall–Kier alpha value is -0.770. The van der Waals surface area contributed by atoms with E-state index in [1.54, 1.807) is 0 Å². The molecule has 0 spiro atoms. The molecule has 0 radical (unpaired) electrons. The number of hydrogen-bond acceptors (Lipinski definition) is 3. The monoisotopic (exact) mass is 282 g/mol. The minimum atomic E-state index is 0.0127. The molecule has 1 saturated carbocycles. The molecule has 19 heavy (non-hydrogen) atoms. The highest BCUT2D eigenvalue weighted by Gasteiger charge is 2.21. The van der Waals surface area contributed by atoms with E-state index in [1.807, 2.05) is 32.2 Å². The highest BCUT2D eigenvalue weighted by Crippen LogP contribution is 2.29. The molecule has 0 heterocycles. The molecule has 0 saturated heterocycles. The molecule has 1 fully saturated rings. The third-order valence-corrected chi connectivity index (χ3v) is 3.83. The number of halogens is 1. The molecule has 0 bridgehead atoms. The summed E-state index contributed by atoms with van der Waals surface area (Å²) in [5.74, 6) is 0.819. The SMILES string of the molecule is C[C@@H](N)c1ccc(N(C)CCOCC2CC2)c(Cl)c1. The second-order valence-electron chi connectivity index (χ2n) is 5.44. The average Bonchev–Trinajstić information content (AvgIpc) is 3.18. The molecule has 0 amide bonds. The van der Waals surface area contributed by atoms with Crippen molar-refractivity contribution < 1.29 is 4.74 Å². The van der Waals surface area contributed by atoms with Crippen molar-refractivity contribution in [3.8, 4) is 0 Å². The summed E-state index contributed by atoms with van der Waals surface area (Å²) >= 11 is 6.30. The molecule has 1 atom stereocenters. The average molecular weight is 283 g/mol. The number of likely N-dealkylation sites (N-methyl/N-ethyl adjacent to an activating group) is 1. The van der Waals surface area contributed by atoms with E-state index >= 15 is 0 Å². The zero-order chi connectivity index (χ0) is 13.8. The van der Waals surface area contributed by atoms with Crippen molar-refractivity contribution in [3.05, 3.63) is 28.8 Å². The largest absolute Gasteiger partial charge is 0.379 e. The molecule has 0 unspecified atom stereocenters. The Morgan fingerprint density at radius 3 is 2.79 bits per heavy atom. The summed E-state index contributed by atoms with van der Waals surface area (Å²) in [6, 6.07) is 6.03. The Bertz CT molecular complexity index is 419. The van der Waals surface area contributed by atoms with Crippen LogP contribution in [-0.2, 0) is 4.74 Å². The number of anilines is 1. The second-order valence-corrected chi connectivity index (χ2v) is 5.85. The first-order valence-corrected chi connectivity index (χ1v) is 7.29. The fraction of sp³-hybridized carbons (Fsp3) is 0.600. The Labute approximate surface area is 120 Å². The third kappa shape index (κ3) is 4.37. The molecular formula is C15H23ClN2O. The molecular weight excluding hydrogens is 260 g/mol. The van der Waals surface area contributed by atoms with Crippen molar-refractivity contribution in [1.29, 1.82) is 0 Å². The van der Waals surface area contributed by atoms with Gasteiger partial charge in [0.1, 0.15) is 0 Å². The molecule has 1 aromatic rings. The van der Waals surface area contributed by atoms with Crippen molar-refractivity contribution in [2.24, 2.45) is 11.7 Å². The van der Waals surface area contributed by atoms with Crippen LogP contribution in [0.15, 0.2) is 18.2 Å². The van der Waals surface area contributed by atoms with Crippen LogP contribution in [0.5, 0.6) is 0 Å². The Balaban J connectivity index is 1.84. The number of hydrogen-bond donors (Lipinski definition) is 1. The van der Waals surface area contributed by atoms with Crippen molar-refractivity contribution in [1.82, 2.24) is 0 Å². The molecule has 0 aromatic heterocycles. The number of ether oxygens (including phenoxy) is 1. The van der Waals surface area contributed by atoms with E-state index in [1.165, 1.54) is 12.8 Å². The maximum absolute atomic E-state index is 6.30. The lowest BCUT2D eigenvalue weighted by molar-refractivity contribution is 0.131.